The summed E-state index contributed by atoms with van der Waals surface area (Å²) in [5.74, 6) is -1.78. The Hall–Kier alpha value is 0.380. The molecule has 0 bridgehead atoms. The Balaban J connectivity index is 0. The van der Waals surface area contributed by atoms with Crippen molar-refractivity contribution in [2.24, 2.45) is 0 Å². The van der Waals surface area contributed by atoms with Gasteiger partial charge >= 0.3 is 35.5 Å². The van der Waals surface area contributed by atoms with Crippen molar-refractivity contribution < 1.29 is 22.5 Å². The van der Waals surface area contributed by atoms with E-state index in [4.69, 9.17) is 9.29 Å². The van der Waals surface area contributed by atoms with Crippen molar-refractivity contribution in [2.45, 2.75) is 168 Å². The molecule has 0 aromatic heterocycles. The Kier molecular flexibility index (Phi) is 29.4. The van der Waals surface area contributed by atoms with Gasteiger partial charge in [-0.1, -0.05) is 136 Å². The normalized spacial score (nSPS) is 12.3. The molecule has 0 saturated heterocycles. The third-order valence-electron chi connectivity index (χ3n) is 6.61. The SMILES string of the molecule is CCCCCCCCCCCCCC(CCCCCCCCCCCC)OC(=O)CS(=O)(=O)O.[NaH]. The second kappa shape index (κ2) is 27.4. The van der Waals surface area contributed by atoms with E-state index < -0.39 is 21.8 Å². The van der Waals surface area contributed by atoms with Crippen LogP contribution >= 0.6 is 0 Å². The van der Waals surface area contributed by atoms with Gasteiger partial charge in [0.1, 0.15) is 6.10 Å². The molecule has 0 rings (SSSR count). The molecule has 0 heterocycles. The first-order valence-electron chi connectivity index (χ1n) is 14.5. The average molecular weight is 529 g/mol. The van der Waals surface area contributed by atoms with Crippen molar-refractivity contribution in [2.75, 3.05) is 5.75 Å². The van der Waals surface area contributed by atoms with Gasteiger partial charge in [-0.05, 0) is 25.7 Å². The molecule has 7 heteroatoms. The molecular weight excluding hydrogens is 471 g/mol. The van der Waals surface area contributed by atoms with Crippen LogP contribution in [-0.2, 0) is 19.6 Å². The van der Waals surface area contributed by atoms with E-state index in [0.717, 1.165) is 38.5 Å². The first kappa shape index (κ1) is 37.5. The van der Waals surface area contributed by atoms with Crippen LogP contribution in [0.5, 0.6) is 0 Å². The van der Waals surface area contributed by atoms with E-state index in [1.54, 1.807) is 0 Å². The van der Waals surface area contributed by atoms with Gasteiger partial charge in [-0.15, -0.1) is 0 Å². The Morgan fingerprint density at radius 2 is 0.886 bits per heavy atom. The zero-order chi connectivity index (χ0) is 25.3. The third kappa shape index (κ3) is 30.5. The minimum absolute atomic E-state index is 0. The van der Waals surface area contributed by atoms with Gasteiger partial charge in [-0.2, -0.15) is 8.42 Å². The molecule has 35 heavy (non-hydrogen) atoms. The molecule has 0 saturated carbocycles. The monoisotopic (exact) mass is 528 g/mol. The quantitative estimate of drug-likeness (QED) is 0.0530. The van der Waals surface area contributed by atoms with Crippen molar-refractivity contribution in [3.8, 4) is 0 Å². The van der Waals surface area contributed by atoms with Crippen LogP contribution in [0.1, 0.15) is 162 Å². The van der Waals surface area contributed by atoms with Crippen LogP contribution in [0.3, 0.4) is 0 Å². The van der Waals surface area contributed by atoms with Gasteiger partial charge in [-0.25, -0.2) is 0 Å². The van der Waals surface area contributed by atoms with E-state index in [0.29, 0.717) is 0 Å². The van der Waals surface area contributed by atoms with Gasteiger partial charge in [0.05, 0.1) is 0 Å². The average Bonchev–Trinajstić information content (AvgIpc) is 2.77. The zero-order valence-corrected chi connectivity index (χ0v) is 23.4. The first-order valence-corrected chi connectivity index (χ1v) is 16.1. The first-order chi connectivity index (χ1) is 16.4. The van der Waals surface area contributed by atoms with Crippen LogP contribution < -0.4 is 0 Å². The Morgan fingerprint density at radius 1 is 0.600 bits per heavy atom. The Labute approximate surface area is 240 Å². The molecule has 0 aliphatic heterocycles. The summed E-state index contributed by atoms with van der Waals surface area (Å²) in [5, 5.41) is 0. The summed E-state index contributed by atoms with van der Waals surface area (Å²) in [6, 6.07) is 0. The number of hydrogen-bond donors (Lipinski definition) is 1. The maximum atomic E-state index is 11.9. The summed E-state index contributed by atoms with van der Waals surface area (Å²) >= 11 is 0. The Morgan fingerprint density at radius 3 is 1.17 bits per heavy atom. The van der Waals surface area contributed by atoms with Gasteiger partial charge in [0.15, 0.2) is 5.75 Å². The molecule has 5 nitrogen and oxygen atoms in total. The predicted octanol–water partition coefficient (Wildman–Crippen LogP) is 8.15. The van der Waals surface area contributed by atoms with Gasteiger partial charge in [0.25, 0.3) is 10.1 Å². The van der Waals surface area contributed by atoms with Gasteiger partial charge in [0.2, 0.25) is 0 Å². The van der Waals surface area contributed by atoms with Crippen LogP contribution in [0.4, 0.5) is 0 Å². The standard InChI is InChI=1S/C28H56O5S.Na.H/c1-3-5-7-9-11-13-15-17-19-21-23-25-27(33-28(29)26-34(30,31)32)24-22-20-18-16-14-12-10-8-6-4-2;;/h27H,3-26H2,1-2H3,(H,30,31,32);;. The van der Waals surface area contributed by atoms with Crippen LogP contribution in [0.2, 0.25) is 0 Å². The maximum absolute atomic E-state index is 11.9. The number of rotatable bonds is 26. The molecule has 206 valence electrons. The number of esters is 1. The summed E-state index contributed by atoms with van der Waals surface area (Å²) < 4.78 is 36.3. The molecule has 0 spiro atoms. The molecule has 0 aliphatic carbocycles. The van der Waals surface area contributed by atoms with Gasteiger partial charge in [0, 0.05) is 0 Å². The van der Waals surface area contributed by atoms with Crippen molar-refractivity contribution >= 4 is 45.6 Å². The molecule has 0 aromatic rings. The van der Waals surface area contributed by atoms with Crippen LogP contribution in [0.25, 0.3) is 0 Å². The van der Waals surface area contributed by atoms with Crippen LogP contribution in [0, 0.1) is 0 Å². The van der Waals surface area contributed by atoms with E-state index in [-0.39, 0.29) is 35.7 Å². The number of carbonyl (C=O) groups excluding carboxylic acids is 1. The number of hydrogen-bond acceptors (Lipinski definition) is 4. The van der Waals surface area contributed by atoms with Crippen molar-refractivity contribution in [1.29, 1.82) is 0 Å². The topological polar surface area (TPSA) is 80.7 Å². The predicted molar refractivity (Wildman–Crippen MR) is 151 cm³/mol. The zero-order valence-electron chi connectivity index (χ0n) is 22.5. The molecule has 0 radical (unpaired) electrons. The fourth-order valence-corrected chi connectivity index (χ4v) is 4.89. The molecule has 0 aliphatic rings. The summed E-state index contributed by atoms with van der Waals surface area (Å²) in [5.41, 5.74) is 0. The number of carbonyl (C=O) groups is 1. The van der Waals surface area contributed by atoms with Crippen LogP contribution in [0.15, 0.2) is 0 Å². The third-order valence-corrected chi connectivity index (χ3v) is 7.21. The molecule has 0 amide bonds. The van der Waals surface area contributed by atoms with E-state index in [9.17, 15) is 13.2 Å². The molecule has 1 atom stereocenters. The molecular formula is C28H57NaO5S. The fraction of sp³-hybridized carbons (Fsp3) is 0.964. The fourth-order valence-electron chi connectivity index (χ4n) is 4.53. The number of ether oxygens (including phenoxy) is 1. The van der Waals surface area contributed by atoms with Crippen LogP contribution in [-0.4, -0.2) is 60.4 Å². The van der Waals surface area contributed by atoms with Crippen molar-refractivity contribution in [1.82, 2.24) is 0 Å². The molecule has 0 fully saturated rings. The minimum atomic E-state index is -4.33. The van der Waals surface area contributed by atoms with Crippen molar-refractivity contribution in [3.63, 3.8) is 0 Å². The van der Waals surface area contributed by atoms with E-state index in [1.807, 2.05) is 0 Å². The number of unbranched alkanes of at least 4 members (excludes halogenated alkanes) is 19. The molecule has 0 aromatic carbocycles. The summed E-state index contributed by atoms with van der Waals surface area (Å²) in [6.45, 7) is 4.49. The Bertz CT molecular complexity index is 554. The van der Waals surface area contributed by atoms with Gasteiger partial charge < -0.3 is 4.74 Å². The van der Waals surface area contributed by atoms with E-state index >= 15 is 0 Å². The molecule has 1 unspecified atom stereocenters. The van der Waals surface area contributed by atoms with E-state index in [2.05, 4.69) is 13.8 Å². The van der Waals surface area contributed by atoms with Crippen molar-refractivity contribution in [3.05, 3.63) is 0 Å². The second-order valence-electron chi connectivity index (χ2n) is 10.1. The molecule has 1 N–H and O–H groups in total. The summed E-state index contributed by atoms with van der Waals surface area (Å²) in [4.78, 5) is 11.9. The van der Waals surface area contributed by atoms with Gasteiger partial charge in [-0.3, -0.25) is 9.35 Å². The summed E-state index contributed by atoms with van der Waals surface area (Å²) in [6.07, 6.45) is 27.8. The summed E-state index contributed by atoms with van der Waals surface area (Å²) in [7, 11) is -4.33. The van der Waals surface area contributed by atoms with E-state index in [1.165, 1.54) is 109 Å². The second-order valence-corrected chi connectivity index (χ2v) is 11.6.